The topological polar surface area (TPSA) is 66.9 Å². The third-order valence-corrected chi connectivity index (χ3v) is 2.94. The first-order chi connectivity index (χ1) is 8.54. The molecule has 2 atom stereocenters. The maximum Gasteiger partial charge on any atom is 0.331 e. The molecule has 19 heavy (non-hydrogen) atoms. The van der Waals surface area contributed by atoms with E-state index >= 15 is 0 Å². The van der Waals surface area contributed by atoms with Crippen LogP contribution in [-0.4, -0.2) is 57.8 Å². The normalized spacial score (nSPS) is 21.6. The Bertz CT molecular complexity index is 403. The number of hydrogen-bond acceptors (Lipinski definition) is 4. The Morgan fingerprint density at radius 2 is 1.95 bits per heavy atom. The van der Waals surface area contributed by atoms with Gasteiger partial charge in [0.1, 0.15) is 5.60 Å². The monoisotopic (exact) mass is 334 g/mol. The molecule has 0 spiro atoms. The summed E-state index contributed by atoms with van der Waals surface area (Å²) >= 11 is 3.12. The van der Waals surface area contributed by atoms with Crippen LogP contribution in [0.3, 0.4) is 0 Å². The van der Waals surface area contributed by atoms with E-state index in [1.165, 1.54) is 4.90 Å². The van der Waals surface area contributed by atoms with Crippen molar-refractivity contribution >= 4 is 33.8 Å². The second-order valence-electron chi connectivity index (χ2n) is 5.54. The predicted molar refractivity (Wildman–Crippen MR) is 72.9 cm³/mol. The smallest absolute Gasteiger partial charge is 0.331 e. The molecule has 1 fully saturated rings. The van der Waals surface area contributed by atoms with Gasteiger partial charge in [0.25, 0.3) is 0 Å². The fourth-order valence-corrected chi connectivity index (χ4v) is 1.95. The number of carbonyl (C=O) groups excluding carboxylic acids is 3. The number of ether oxygens (including phenoxy) is 1. The fourth-order valence-electron chi connectivity index (χ4n) is 1.73. The number of halogens is 1. The van der Waals surface area contributed by atoms with Gasteiger partial charge in [-0.05, 0) is 27.7 Å². The molecule has 0 radical (unpaired) electrons. The molecule has 1 saturated heterocycles. The van der Waals surface area contributed by atoms with Crippen LogP contribution in [0.15, 0.2) is 0 Å². The molecular weight excluding hydrogens is 316 g/mol. The molecule has 1 aliphatic rings. The number of amides is 3. The quantitative estimate of drug-likeness (QED) is 0.565. The van der Waals surface area contributed by atoms with Gasteiger partial charge in [-0.1, -0.05) is 15.9 Å². The van der Waals surface area contributed by atoms with E-state index in [4.69, 9.17) is 4.74 Å². The average molecular weight is 335 g/mol. The van der Waals surface area contributed by atoms with E-state index in [1.54, 1.807) is 34.7 Å². The summed E-state index contributed by atoms with van der Waals surface area (Å²) in [7, 11) is 1.55. The highest BCUT2D eigenvalue weighted by Gasteiger charge is 2.46. The van der Waals surface area contributed by atoms with Crippen LogP contribution in [0.1, 0.15) is 27.7 Å². The second-order valence-corrected chi connectivity index (χ2v) is 6.91. The first-order valence-electron chi connectivity index (χ1n) is 5.99. The zero-order chi connectivity index (χ0) is 15.0. The number of nitrogens with zero attached hydrogens (tertiary/aromatic N) is 2. The zero-order valence-electron chi connectivity index (χ0n) is 11.8. The molecule has 0 aromatic heterocycles. The summed E-state index contributed by atoms with van der Waals surface area (Å²) in [4.78, 5) is 37.8. The highest BCUT2D eigenvalue weighted by Crippen LogP contribution is 2.21. The Kier molecular flexibility index (Phi) is 4.60. The number of hydrogen-bond donors (Lipinski definition) is 0. The van der Waals surface area contributed by atoms with Crippen molar-refractivity contribution in [1.29, 1.82) is 0 Å². The Morgan fingerprint density at radius 3 is 2.37 bits per heavy atom. The summed E-state index contributed by atoms with van der Waals surface area (Å²) in [6.45, 7) is 6.99. The highest BCUT2D eigenvalue weighted by molar-refractivity contribution is 9.10. The molecule has 0 unspecified atom stereocenters. The number of imide groups is 1. The van der Waals surface area contributed by atoms with E-state index in [1.807, 2.05) is 0 Å². The molecule has 0 aliphatic carbocycles. The summed E-state index contributed by atoms with van der Waals surface area (Å²) in [6, 6.07) is -1.36. The van der Waals surface area contributed by atoms with Crippen molar-refractivity contribution in [2.75, 3.05) is 13.6 Å². The van der Waals surface area contributed by atoms with Gasteiger partial charge in [-0.15, -0.1) is 0 Å². The first-order valence-corrected chi connectivity index (χ1v) is 6.91. The van der Waals surface area contributed by atoms with Crippen molar-refractivity contribution in [3.8, 4) is 0 Å². The maximum atomic E-state index is 12.1. The van der Waals surface area contributed by atoms with E-state index in [0.717, 1.165) is 4.90 Å². The van der Waals surface area contributed by atoms with Gasteiger partial charge in [-0.25, -0.2) is 14.5 Å². The Hall–Kier alpha value is -1.11. The minimum atomic E-state index is -0.885. The summed E-state index contributed by atoms with van der Waals surface area (Å²) in [6.07, 6.45) is 0. The van der Waals surface area contributed by atoms with E-state index in [-0.39, 0.29) is 6.54 Å². The van der Waals surface area contributed by atoms with Crippen molar-refractivity contribution in [3.05, 3.63) is 0 Å². The lowest BCUT2D eigenvalue weighted by molar-refractivity contribution is -0.161. The van der Waals surface area contributed by atoms with Gasteiger partial charge < -0.3 is 9.64 Å². The number of carbonyl (C=O) groups is 3. The van der Waals surface area contributed by atoms with E-state index in [0.29, 0.717) is 0 Å². The van der Waals surface area contributed by atoms with Crippen LogP contribution < -0.4 is 0 Å². The highest BCUT2D eigenvalue weighted by atomic mass is 79.9. The number of rotatable bonds is 2. The van der Waals surface area contributed by atoms with Crippen LogP contribution in [0.2, 0.25) is 0 Å². The van der Waals surface area contributed by atoms with Crippen LogP contribution in [0.4, 0.5) is 4.79 Å². The maximum absolute atomic E-state index is 12.1. The molecule has 0 N–H and O–H groups in total. The largest absolute Gasteiger partial charge is 0.458 e. The molecule has 108 valence electrons. The molecule has 0 bridgehead atoms. The van der Waals surface area contributed by atoms with Gasteiger partial charge in [0.2, 0.25) is 5.91 Å². The molecule has 7 heteroatoms. The summed E-state index contributed by atoms with van der Waals surface area (Å²) < 4.78 is 5.25. The molecule has 0 aromatic carbocycles. The molecular formula is C12H19BrN2O4. The van der Waals surface area contributed by atoms with Crippen molar-refractivity contribution in [3.63, 3.8) is 0 Å². The third-order valence-electron chi connectivity index (χ3n) is 2.55. The van der Waals surface area contributed by atoms with Gasteiger partial charge >= 0.3 is 12.0 Å². The van der Waals surface area contributed by atoms with Crippen molar-refractivity contribution in [2.24, 2.45) is 0 Å². The van der Waals surface area contributed by atoms with Crippen molar-refractivity contribution < 1.29 is 19.1 Å². The van der Waals surface area contributed by atoms with Gasteiger partial charge in [-0.2, -0.15) is 0 Å². The number of likely N-dealkylation sites (N-methyl/N-ethyl adjacent to an activating group) is 1. The summed E-state index contributed by atoms with van der Waals surface area (Å²) in [5.74, 6) is -1.00. The van der Waals surface area contributed by atoms with Gasteiger partial charge in [0.15, 0.2) is 6.04 Å². The minimum Gasteiger partial charge on any atom is -0.458 e. The molecule has 1 rings (SSSR count). The molecule has 3 amide bonds. The first kappa shape index (κ1) is 15.9. The van der Waals surface area contributed by atoms with Crippen molar-refractivity contribution in [2.45, 2.75) is 44.2 Å². The van der Waals surface area contributed by atoms with Crippen LogP contribution in [0, 0.1) is 0 Å². The summed E-state index contributed by atoms with van der Waals surface area (Å²) in [5.41, 5.74) is -0.657. The number of alkyl halides is 1. The standard InChI is InChI=1S/C12H19BrN2O4/c1-7(13)9(16)15-8(6-14(5)11(15)18)10(17)19-12(2,3)4/h7-8H,6H2,1-5H3/t7-,8-/m0/s1. The fraction of sp³-hybridized carbons (Fsp3) is 0.750. The number of urea groups is 1. The van der Waals surface area contributed by atoms with Gasteiger partial charge in [-0.3, -0.25) is 4.79 Å². The SMILES string of the molecule is C[C@H](Br)C(=O)N1C(=O)N(C)C[C@H]1C(=O)OC(C)(C)C. The van der Waals surface area contributed by atoms with E-state index < -0.39 is 34.4 Å². The molecule has 1 aliphatic heterocycles. The lowest BCUT2D eigenvalue weighted by Gasteiger charge is -2.25. The van der Waals surface area contributed by atoms with Crippen LogP contribution in [0.25, 0.3) is 0 Å². The van der Waals surface area contributed by atoms with Gasteiger partial charge in [0.05, 0.1) is 11.4 Å². The second kappa shape index (κ2) is 5.48. The van der Waals surface area contributed by atoms with Crippen molar-refractivity contribution in [1.82, 2.24) is 9.80 Å². The lowest BCUT2D eigenvalue weighted by Crippen LogP contribution is -2.48. The van der Waals surface area contributed by atoms with Crippen LogP contribution in [-0.2, 0) is 14.3 Å². The van der Waals surface area contributed by atoms with Crippen LogP contribution in [0.5, 0.6) is 0 Å². The molecule has 0 saturated carbocycles. The van der Waals surface area contributed by atoms with E-state index in [2.05, 4.69) is 15.9 Å². The lowest BCUT2D eigenvalue weighted by atomic mass is 10.2. The molecule has 0 aromatic rings. The van der Waals surface area contributed by atoms with Gasteiger partial charge in [0, 0.05) is 7.05 Å². The predicted octanol–water partition coefficient (Wildman–Crippen LogP) is 1.37. The Labute approximate surface area is 121 Å². The summed E-state index contributed by atoms with van der Waals surface area (Å²) in [5, 5.41) is 0. The Balaban J connectivity index is 2.95. The Morgan fingerprint density at radius 1 is 1.42 bits per heavy atom. The number of esters is 1. The molecule has 1 heterocycles. The zero-order valence-corrected chi connectivity index (χ0v) is 13.4. The minimum absolute atomic E-state index is 0.152. The average Bonchev–Trinajstić information content (AvgIpc) is 2.52. The molecule has 6 nitrogen and oxygen atoms in total. The third kappa shape index (κ3) is 3.68. The van der Waals surface area contributed by atoms with Crippen LogP contribution >= 0.6 is 15.9 Å². The van der Waals surface area contributed by atoms with E-state index in [9.17, 15) is 14.4 Å².